The van der Waals surface area contributed by atoms with E-state index in [0.717, 1.165) is 18.5 Å². The molecule has 0 saturated heterocycles. The first-order valence-corrected chi connectivity index (χ1v) is 6.04. The van der Waals surface area contributed by atoms with Gasteiger partial charge in [-0.1, -0.05) is 39.0 Å². The maximum atomic E-state index is 12.2. The van der Waals surface area contributed by atoms with Crippen LogP contribution in [-0.2, 0) is 6.54 Å². The molecule has 1 aromatic carbocycles. The van der Waals surface area contributed by atoms with Gasteiger partial charge in [-0.2, -0.15) is 0 Å². The molecule has 0 saturated carbocycles. The highest BCUT2D eigenvalue weighted by Crippen LogP contribution is 2.27. The van der Waals surface area contributed by atoms with Gasteiger partial charge in [0.05, 0.1) is 0 Å². The molecule has 2 nitrogen and oxygen atoms in total. The van der Waals surface area contributed by atoms with Crippen LogP contribution in [-0.4, -0.2) is 16.8 Å². The molecule has 0 radical (unpaired) electrons. The van der Waals surface area contributed by atoms with Crippen molar-refractivity contribution in [2.24, 2.45) is 5.92 Å². The SMILES string of the molecule is CCC(C(C)C)N1Cc2ccccc2C1=O. The first-order valence-electron chi connectivity index (χ1n) is 6.04. The Bertz CT molecular complexity index is 397. The van der Waals surface area contributed by atoms with E-state index in [-0.39, 0.29) is 5.91 Å². The number of fused-ring (bicyclic) bond motifs is 1. The number of hydrogen-bond acceptors (Lipinski definition) is 1. The third kappa shape index (κ3) is 1.73. The zero-order chi connectivity index (χ0) is 11.7. The second-order valence-corrected chi connectivity index (χ2v) is 4.81. The van der Waals surface area contributed by atoms with E-state index in [0.29, 0.717) is 12.0 Å². The lowest BCUT2D eigenvalue weighted by Gasteiger charge is -2.30. The lowest BCUT2D eigenvalue weighted by molar-refractivity contribution is 0.0645. The Hall–Kier alpha value is -1.31. The largest absolute Gasteiger partial charge is 0.331 e. The molecule has 1 heterocycles. The summed E-state index contributed by atoms with van der Waals surface area (Å²) in [6.07, 6.45) is 1.03. The summed E-state index contributed by atoms with van der Waals surface area (Å²) in [5, 5.41) is 0. The van der Waals surface area contributed by atoms with Crippen LogP contribution < -0.4 is 0 Å². The summed E-state index contributed by atoms with van der Waals surface area (Å²) < 4.78 is 0. The first-order chi connectivity index (χ1) is 7.65. The van der Waals surface area contributed by atoms with Crippen molar-refractivity contribution in [3.05, 3.63) is 35.4 Å². The van der Waals surface area contributed by atoms with E-state index in [1.807, 2.05) is 23.1 Å². The van der Waals surface area contributed by atoms with Gasteiger partial charge in [0, 0.05) is 18.2 Å². The summed E-state index contributed by atoms with van der Waals surface area (Å²) in [5.74, 6) is 0.722. The van der Waals surface area contributed by atoms with Crippen LogP contribution in [0.4, 0.5) is 0 Å². The summed E-state index contributed by atoms with van der Waals surface area (Å²) in [4.78, 5) is 14.3. The third-order valence-electron chi connectivity index (χ3n) is 3.44. The Morgan fingerprint density at radius 2 is 2.00 bits per heavy atom. The summed E-state index contributed by atoms with van der Waals surface area (Å²) in [6, 6.07) is 8.30. The van der Waals surface area contributed by atoms with E-state index in [2.05, 4.69) is 26.8 Å². The van der Waals surface area contributed by atoms with Gasteiger partial charge in [0.2, 0.25) is 0 Å². The average Bonchev–Trinajstić information content (AvgIpc) is 2.58. The summed E-state index contributed by atoms with van der Waals surface area (Å²) in [5.41, 5.74) is 2.06. The van der Waals surface area contributed by atoms with E-state index in [4.69, 9.17) is 0 Å². The molecule has 0 aliphatic carbocycles. The van der Waals surface area contributed by atoms with Crippen LogP contribution in [0, 0.1) is 5.92 Å². The van der Waals surface area contributed by atoms with Crippen LogP contribution in [0.2, 0.25) is 0 Å². The number of benzene rings is 1. The maximum Gasteiger partial charge on any atom is 0.254 e. The Kier molecular flexibility index (Phi) is 2.99. The Morgan fingerprint density at radius 3 is 2.56 bits per heavy atom. The number of carbonyl (C=O) groups is 1. The molecule has 2 rings (SSSR count). The number of amides is 1. The quantitative estimate of drug-likeness (QED) is 0.762. The van der Waals surface area contributed by atoms with Crippen molar-refractivity contribution in [2.75, 3.05) is 0 Å². The van der Waals surface area contributed by atoms with Gasteiger partial charge in [-0.05, 0) is 24.0 Å². The molecule has 1 aliphatic rings. The lowest BCUT2D eigenvalue weighted by Crippen LogP contribution is -2.38. The molecule has 0 N–H and O–H groups in total. The van der Waals surface area contributed by atoms with Gasteiger partial charge in [-0.3, -0.25) is 4.79 Å². The molecular weight excluding hydrogens is 198 g/mol. The molecule has 0 bridgehead atoms. The zero-order valence-electron chi connectivity index (χ0n) is 10.2. The number of carbonyl (C=O) groups excluding carboxylic acids is 1. The van der Waals surface area contributed by atoms with Gasteiger partial charge in [-0.25, -0.2) is 0 Å². The highest BCUT2D eigenvalue weighted by molar-refractivity contribution is 5.98. The van der Waals surface area contributed by atoms with E-state index >= 15 is 0 Å². The third-order valence-corrected chi connectivity index (χ3v) is 3.44. The van der Waals surface area contributed by atoms with Gasteiger partial charge >= 0.3 is 0 Å². The van der Waals surface area contributed by atoms with Gasteiger partial charge in [0.25, 0.3) is 5.91 Å². The Labute approximate surface area is 97.3 Å². The van der Waals surface area contributed by atoms with Crippen LogP contribution in [0.1, 0.15) is 43.1 Å². The monoisotopic (exact) mass is 217 g/mol. The molecule has 86 valence electrons. The molecule has 1 atom stereocenters. The molecular formula is C14H19NO. The van der Waals surface area contributed by atoms with Crippen LogP contribution in [0.25, 0.3) is 0 Å². The molecule has 1 unspecified atom stereocenters. The maximum absolute atomic E-state index is 12.2. The van der Waals surface area contributed by atoms with E-state index < -0.39 is 0 Å². The molecule has 1 aromatic rings. The summed E-state index contributed by atoms with van der Waals surface area (Å²) in [6.45, 7) is 7.31. The van der Waals surface area contributed by atoms with Crippen molar-refractivity contribution < 1.29 is 4.79 Å². The lowest BCUT2D eigenvalue weighted by atomic mass is 10.0. The predicted octanol–water partition coefficient (Wildman–Crippen LogP) is 3.08. The van der Waals surface area contributed by atoms with E-state index in [1.165, 1.54) is 5.56 Å². The zero-order valence-corrected chi connectivity index (χ0v) is 10.2. The van der Waals surface area contributed by atoms with Crippen molar-refractivity contribution in [2.45, 2.75) is 39.8 Å². The van der Waals surface area contributed by atoms with Gasteiger partial charge < -0.3 is 4.90 Å². The highest BCUT2D eigenvalue weighted by atomic mass is 16.2. The predicted molar refractivity (Wildman–Crippen MR) is 65.2 cm³/mol. The number of rotatable bonds is 3. The van der Waals surface area contributed by atoms with Crippen LogP contribution in [0.5, 0.6) is 0 Å². The van der Waals surface area contributed by atoms with Gasteiger partial charge in [0.1, 0.15) is 0 Å². The van der Waals surface area contributed by atoms with Crippen LogP contribution in [0.15, 0.2) is 24.3 Å². The standard InChI is InChI=1S/C14H19NO/c1-4-13(10(2)3)15-9-11-7-5-6-8-12(11)14(15)16/h5-8,10,13H,4,9H2,1-3H3. The molecule has 1 aliphatic heterocycles. The number of nitrogens with zero attached hydrogens (tertiary/aromatic N) is 1. The Morgan fingerprint density at radius 1 is 1.31 bits per heavy atom. The fourth-order valence-corrected chi connectivity index (χ4v) is 2.60. The fourth-order valence-electron chi connectivity index (χ4n) is 2.60. The summed E-state index contributed by atoms with van der Waals surface area (Å²) in [7, 11) is 0. The first kappa shape index (κ1) is 11.2. The Balaban J connectivity index is 2.27. The van der Waals surface area contributed by atoms with Crippen molar-refractivity contribution in [1.29, 1.82) is 0 Å². The topological polar surface area (TPSA) is 20.3 Å². The van der Waals surface area contributed by atoms with Gasteiger partial charge in [-0.15, -0.1) is 0 Å². The second kappa shape index (κ2) is 4.28. The van der Waals surface area contributed by atoms with Gasteiger partial charge in [0.15, 0.2) is 0 Å². The van der Waals surface area contributed by atoms with E-state index in [9.17, 15) is 4.79 Å². The fraction of sp³-hybridized carbons (Fsp3) is 0.500. The minimum atomic E-state index is 0.205. The minimum absolute atomic E-state index is 0.205. The molecule has 0 spiro atoms. The van der Waals surface area contributed by atoms with Crippen LogP contribution in [0.3, 0.4) is 0 Å². The van der Waals surface area contributed by atoms with Crippen molar-refractivity contribution in [3.63, 3.8) is 0 Å². The average molecular weight is 217 g/mol. The molecule has 0 fully saturated rings. The molecule has 16 heavy (non-hydrogen) atoms. The molecule has 1 amide bonds. The normalized spacial score (nSPS) is 16.8. The second-order valence-electron chi connectivity index (χ2n) is 4.81. The van der Waals surface area contributed by atoms with Crippen molar-refractivity contribution >= 4 is 5.91 Å². The highest BCUT2D eigenvalue weighted by Gasteiger charge is 2.32. The minimum Gasteiger partial charge on any atom is -0.331 e. The van der Waals surface area contributed by atoms with Crippen LogP contribution >= 0.6 is 0 Å². The summed E-state index contributed by atoms with van der Waals surface area (Å²) >= 11 is 0. The molecule has 0 aromatic heterocycles. The van der Waals surface area contributed by atoms with Crippen molar-refractivity contribution in [3.8, 4) is 0 Å². The van der Waals surface area contributed by atoms with E-state index in [1.54, 1.807) is 0 Å². The van der Waals surface area contributed by atoms with Crippen molar-refractivity contribution in [1.82, 2.24) is 4.90 Å². The smallest absolute Gasteiger partial charge is 0.254 e. The molecule has 2 heteroatoms. The number of hydrogen-bond donors (Lipinski definition) is 0.